The van der Waals surface area contributed by atoms with Gasteiger partial charge in [-0.05, 0) is 25.8 Å². The van der Waals surface area contributed by atoms with Crippen LogP contribution >= 0.6 is 0 Å². The molecule has 1 aliphatic rings. The Hall–Kier alpha value is -2.13. The molecule has 3 amide bonds. The fourth-order valence-corrected chi connectivity index (χ4v) is 5.99. The summed E-state index contributed by atoms with van der Waals surface area (Å²) in [5.41, 5.74) is -0.637. The Balaban J connectivity index is 2.30. The van der Waals surface area contributed by atoms with Crippen molar-refractivity contribution in [3.05, 3.63) is 29.8 Å². The van der Waals surface area contributed by atoms with E-state index in [9.17, 15) is 23.1 Å². The molecule has 1 aliphatic heterocycles. The maximum absolute atomic E-state index is 12.9. The standard InChI is InChI=1S/C19H28N2O6S/c1-5-19(6-2)16(23)21(17(19)28(25,26)12-11-27-4)18(24)20-13(3)14-9-7-8-10-15(14)22/h7-10,13,17,22H,5-6,11-12H2,1-4H3,(H,20,24). The number of sulfone groups is 1. The zero-order chi connectivity index (χ0) is 21.1. The number of nitrogens with one attached hydrogen (secondary N) is 1. The molecule has 2 N–H and O–H groups in total. The first kappa shape index (κ1) is 22.2. The summed E-state index contributed by atoms with van der Waals surface area (Å²) in [6.07, 6.45) is 0.635. The summed E-state index contributed by atoms with van der Waals surface area (Å²) in [5.74, 6) is -0.765. The molecule has 1 aromatic carbocycles. The number of carbonyl (C=O) groups excluding carboxylic acids is 2. The highest BCUT2D eigenvalue weighted by Gasteiger charge is 2.65. The van der Waals surface area contributed by atoms with Crippen LogP contribution in [0.25, 0.3) is 0 Å². The Kier molecular flexibility index (Phi) is 6.71. The minimum absolute atomic E-state index is 0.00552. The molecule has 0 spiro atoms. The minimum atomic E-state index is -3.78. The van der Waals surface area contributed by atoms with Crippen LogP contribution in [0.1, 0.15) is 45.2 Å². The topological polar surface area (TPSA) is 113 Å². The molecule has 0 bridgehead atoms. The van der Waals surface area contributed by atoms with Crippen LogP contribution in [0, 0.1) is 5.41 Å². The molecule has 2 unspecified atom stereocenters. The lowest BCUT2D eigenvalue weighted by Crippen LogP contribution is -2.74. The van der Waals surface area contributed by atoms with Crippen LogP contribution < -0.4 is 5.32 Å². The number of β-lactam (4-membered cyclic amide) rings is 1. The summed E-state index contributed by atoms with van der Waals surface area (Å²) in [4.78, 5) is 26.4. The maximum atomic E-state index is 12.9. The van der Waals surface area contributed by atoms with Gasteiger partial charge in [-0.2, -0.15) is 0 Å². The largest absolute Gasteiger partial charge is 0.508 e. The predicted octanol–water partition coefficient (Wildman–Crippen LogP) is 2.20. The van der Waals surface area contributed by atoms with E-state index in [1.807, 2.05) is 0 Å². The number of amides is 3. The molecule has 0 saturated carbocycles. The molecule has 0 aromatic heterocycles. The number of aromatic hydroxyl groups is 1. The monoisotopic (exact) mass is 412 g/mol. The van der Waals surface area contributed by atoms with Gasteiger partial charge in [-0.3, -0.25) is 4.79 Å². The van der Waals surface area contributed by atoms with Gasteiger partial charge in [0.05, 0.1) is 23.8 Å². The van der Waals surface area contributed by atoms with Gasteiger partial charge in [0.1, 0.15) is 5.75 Å². The molecule has 9 heteroatoms. The smallest absolute Gasteiger partial charge is 0.325 e. The fourth-order valence-electron chi connectivity index (χ4n) is 3.74. The third-order valence-electron chi connectivity index (χ3n) is 5.49. The lowest BCUT2D eigenvalue weighted by atomic mass is 9.73. The number of ether oxygens (including phenoxy) is 1. The highest BCUT2D eigenvalue weighted by Crippen LogP contribution is 2.48. The molecule has 2 rings (SSSR count). The molecule has 8 nitrogen and oxygen atoms in total. The second-order valence-electron chi connectivity index (χ2n) is 6.98. The number of methoxy groups -OCH3 is 1. The highest BCUT2D eigenvalue weighted by molar-refractivity contribution is 7.92. The van der Waals surface area contributed by atoms with Crippen LogP contribution in [0.3, 0.4) is 0 Å². The summed E-state index contributed by atoms with van der Waals surface area (Å²) < 4.78 is 30.6. The van der Waals surface area contributed by atoms with Gasteiger partial charge in [-0.1, -0.05) is 32.0 Å². The van der Waals surface area contributed by atoms with E-state index < -0.39 is 38.6 Å². The number of nitrogens with zero attached hydrogens (tertiary/aromatic N) is 1. The molecule has 0 aliphatic carbocycles. The summed E-state index contributed by atoms with van der Waals surface area (Å²) in [6.45, 7) is 5.14. The van der Waals surface area contributed by atoms with E-state index in [1.165, 1.54) is 13.2 Å². The number of carbonyl (C=O) groups is 2. The zero-order valence-corrected chi connectivity index (χ0v) is 17.5. The lowest BCUT2D eigenvalue weighted by molar-refractivity contribution is -0.159. The van der Waals surface area contributed by atoms with Crippen molar-refractivity contribution >= 4 is 21.8 Å². The molecule has 1 saturated heterocycles. The third kappa shape index (κ3) is 3.73. The number of para-hydroxylation sites is 1. The van der Waals surface area contributed by atoms with Crippen molar-refractivity contribution < 1.29 is 27.9 Å². The Morgan fingerprint density at radius 3 is 2.46 bits per heavy atom. The SMILES string of the molecule is CCC1(CC)C(=O)N(C(=O)NC(C)c2ccccc2O)C1S(=O)(=O)CCOC. The molecular formula is C19H28N2O6S. The Morgan fingerprint density at radius 1 is 1.32 bits per heavy atom. The normalized spacial score (nSPS) is 19.8. The summed E-state index contributed by atoms with van der Waals surface area (Å²) in [5, 5.41) is 11.3. The molecule has 0 radical (unpaired) electrons. The number of hydrogen-bond acceptors (Lipinski definition) is 6. The van der Waals surface area contributed by atoms with Crippen molar-refractivity contribution in [2.75, 3.05) is 19.5 Å². The number of phenolic OH excluding ortho intramolecular Hbond substituents is 1. The lowest BCUT2D eigenvalue weighted by Gasteiger charge is -2.53. The molecule has 1 fully saturated rings. The van der Waals surface area contributed by atoms with Gasteiger partial charge in [0.15, 0.2) is 15.2 Å². The second-order valence-corrected chi connectivity index (χ2v) is 9.16. The van der Waals surface area contributed by atoms with Gasteiger partial charge in [0.25, 0.3) is 0 Å². The third-order valence-corrected chi connectivity index (χ3v) is 7.57. The summed E-state index contributed by atoms with van der Waals surface area (Å²) in [6, 6.07) is 5.11. The average Bonchev–Trinajstić information content (AvgIpc) is 2.65. The van der Waals surface area contributed by atoms with Crippen LogP contribution in [0.5, 0.6) is 5.75 Å². The first-order valence-corrected chi connectivity index (χ1v) is 11.0. The van der Waals surface area contributed by atoms with Gasteiger partial charge in [-0.15, -0.1) is 0 Å². The Morgan fingerprint density at radius 2 is 1.93 bits per heavy atom. The van der Waals surface area contributed by atoms with Crippen molar-refractivity contribution in [1.29, 1.82) is 0 Å². The van der Waals surface area contributed by atoms with Gasteiger partial charge < -0.3 is 15.2 Å². The van der Waals surface area contributed by atoms with Crippen molar-refractivity contribution in [2.45, 2.75) is 45.0 Å². The van der Waals surface area contributed by atoms with E-state index in [1.54, 1.807) is 39.0 Å². The average molecular weight is 413 g/mol. The van der Waals surface area contributed by atoms with Crippen molar-refractivity contribution in [1.82, 2.24) is 10.2 Å². The maximum Gasteiger partial charge on any atom is 0.325 e. The van der Waals surface area contributed by atoms with E-state index in [-0.39, 0.29) is 18.1 Å². The van der Waals surface area contributed by atoms with E-state index in [0.29, 0.717) is 18.4 Å². The fraction of sp³-hybridized carbons (Fsp3) is 0.579. The Labute approximate surface area is 165 Å². The number of hydrogen-bond donors (Lipinski definition) is 2. The minimum Gasteiger partial charge on any atom is -0.508 e. The van der Waals surface area contributed by atoms with E-state index in [2.05, 4.69) is 5.32 Å². The van der Waals surface area contributed by atoms with Crippen LogP contribution in [-0.4, -0.2) is 55.2 Å². The number of likely N-dealkylation sites (tertiary alicyclic amines) is 1. The highest BCUT2D eigenvalue weighted by atomic mass is 32.2. The molecule has 1 aromatic rings. The first-order chi connectivity index (χ1) is 13.2. The van der Waals surface area contributed by atoms with Gasteiger partial charge in [0.2, 0.25) is 5.91 Å². The van der Waals surface area contributed by atoms with Crippen LogP contribution in [-0.2, 0) is 19.4 Å². The van der Waals surface area contributed by atoms with Gasteiger partial charge in [0, 0.05) is 12.7 Å². The van der Waals surface area contributed by atoms with Crippen LogP contribution in [0.15, 0.2) is 24.3 Å². The predicted molar refractivity (Wildman–Crippen MR) is 104 cm³/mol. The van der Waals surface area contributed by atoms with Crippen molar-refractivity contribution in [3.8, 4) is 5.75 Å². The molecular weight excluding hydrogens is 384 g/mol. The van der Waals surface area contributed by atoms with Crippen LogP contribution in [0.4, 0.5) is 4.79 Å². The van der Waals surface area contributed by atoms with E-state index in [0.717, 1.165) is 4.90 Å². The van der Waals surface area contributed by atoms with E-state index >= 15 is 0 Å². The summed E-state index contributed by atoms with van der Waals surface area (Å²) >= 11 is 0. The van der Waals surface area contributed by atoms with Crippen molar-refractivity contribution in [2.24, 2.45) is 5.41 Å². The van der Waals surface area contributed by atoms with Crippen molar-refractivity contribution in [3.63, 3.8) is 0 Å². The molecule has 156 valence electrons. The van der Waals surface area contributed by atoms with Crippen LogP contribution in [0.2, 0.25) is 0 Å². The number of urea groups is 1. The van der Waals surface area contributed by atoms with E-state index in [4.69, 9.17) is 4.74 Å². The molecule has 2 atom stereocenters. The van der Waals surface area contributed by atoms with Gasteiger partial charge >= 0.3 is 6.03 Å². The van der Waals surface area contributed by atoms with Gasteiger partial charge in [-0.25, -0.2) is 18.1 Å². The number of benzene rings is 1. The molecule has 28 heavy (non-hydrogen) atoms. The number of phenols is 1. The molecule has 1 heterocycles. The first-order valence-electron chi connectivity index (χ1n) is 9.28. The zero-order valence-electron chi connectivity index (χ0n) is 16.6. The number of imide groups is 1. The Bertz CT molecular complexity index is 835. The quantitative estimate of drug-likeness (QED) is 0.633. The summed E-state index contributed by atoms with van der Waals surface area (Å²) in [7, 11) is -2.39. The number of rotatable bonds is 8. The second kappa shape index (κ2) is 8.48.